The SMILES string of the molecule is CS(=O)(=O)N1CCC(Nc2ncnc3scc(-c4ccccc4)c23)CC1. The summed E-state index contributed by atoms with van der Waals surface area (Å²) >= 11 is 1.61. The van der Waals surface area contributed by atoms with Crippen LogP contribution in [0.4, 0.5) is 5.82 Å². The first-order chi connectivity index (χ1) is 12.5. The maximum atomic E-state index is 11.7. The standard InChI is InChI=1S/C18H20N4O2S2/c1-26(23,24)22-9-7-14(8-10-22)21-17-16-15(13-5-3-2-4-6-13)11-25-18(16)20-12-19-17/h2-6,11-12,14H,7-10H2,1H3,(H,19,20,21). The molecule has 0 bridgehead atoms. The quantitative estimate of drug-likeness (QED) is 0.743. The summed E-state index contributed by atoms with van der Waals surface area (Å²) in [5.41, 5.74) is 2.27. The lowest BCUT2D eigenvalue weighted by molar-refractivity contribution is 0.331. The molecule has 1 aromatic carbocycles. The van der Waals surface area contributed by atoms with Crippen molar-refractivity contribution in [2.24, 2.45) is 0 Å². The zero-order chi connectivity index (χ0) is 18.1. The average molecular weight is 389 g/mol. The number of hydrogen-bond acceptors (Lipinski definition) is 6. The molecular weight excluding hydrogens is 368 g/mol. The van der Waals surface area contributed by atoms with Gasteiger partial charge in [-0.2, -0.15) is 0 Å². The Morgan fingerprint density at radius 3 is 2.58 bits per heavy atom. The van der Waals surface area contributed by atoms with Gasteiger partial charge in [0.25, 0.3) is 0 Å². The van der Waals surface area contributed by atoms with Gasteiger partial charge in [-0.05, 0) is 18.4 Å². The summed E-state index contributed by atoms with van der Waals surface area (Å²) in [7, 11) is -3.11. The number of nitrogens with one attached hydrogen (secondary N) is 1. The van der Waals surface area contributed by atoms with Crippen LogP contribution in [0.3, 0.4) is 0 Å². The summed E-state index contributed by atoms with van der Waals surface area (Å²) < 4.78 is 24.9. The normalized spacial score (nSPS) is 16.8. The minimum Gasteiger partial charge on any atom is -0.367 e. The molecule has 8 heteroatoms. The van der Waals surface area contributed by atoms with E-state index in [2.05, 4.69) is 32.8 Å². The molecule has 0 spiro atoms. The fourth-order valence-corrected chi connectivity index (χ4v) is 5.13. The van der Waals surface area contributed by atoms with E-state index >= 15 is 0 Å². The first kappa shape index (κ1) is 17.4. The van der Waals surface area contributed by atoms with Crippen LogP contribution in [0, 0.1) is 0 Å². The van der Waals surface area contributed by atoms with Crippen LogP contribution in [0.2, 0.25) is 0 Å². The molecule has 26 heavy (non-hydrogen) atoms. The third-order valence-electron chi connectivity index (χ3n) is 4.72. The molecule has 1 aliphatic rings. The number of benzene rings is 1. The van der Waals surface area contributed by atoms with E-state index in [9.17, 15) is 8.42 Å². The highest BCUT2D eigenvalue weighted by Crippen LogP contribution is 2.36. The van der Waals surface area contributed by atoms with E-state index in [1.807, 2.05) is 18.2 Å². The van der Waals surface area contributed by atoms with Gasteiger partial charge in [0.1, 0.15) is 17.0 Å². The number of fused-ring (bicyclic) bond motifs is 1. The van der Waals surface area contributed by atoms with Crippen molar-refractivity contribution in [1.29, 1.82) is 0 Å². The maximum Gasteiger partial charge on any atom is 0.211 e. The zero-order valence-electron chi connectivity index (χ0n) is 14.4. The monoisotopic (exact) mass is 388 g/mol. The van der Waals surface area contributed by atoms with E-state index in [1.54, 1.807) is 22.0 Å². The van der Waals surface area contributed by atoms with Crippen molar-refractivity contribution < 1.29 is 8.42 Å². The molecule has 0 aliphatic carbocycles. The van der Waals surface area contributed by atoms with Crippen LogP contribution in [0.25, 0.3) is 21.3 Å². The van der Waals surface area contributed by atoms with Crippen molar-refractivity contribution in [1.82, 2.24) is 14.3 Å². The summed E-state index contributed by atoms with van der Waals surface area (Å²) in [5.74, 6) is 0.827. The number of aromatic nitrogens is 2. The number of thiophene rings is 1. The Balaban J connectivity index is 1.61. The molecule has 0 atom stereocenters. The third kappa shape index (κ3) is 3.44. The van der Waals surface area contributed by atoms with Crippen LogP contribution in [-0.4, -0.2) is 48.1 Å². The van der Waals surface area contributed by atoms with Crippen LogP contribution in [0.15, 0.2) is 42.0 Å². The first-order valence-electron chi connectivity index (χ1n) is 8.51. The largest absolute Gasteiger partial charge is 0.367 e. The maximum absolute atomic E-state index is 11.7. The highest BCUT2D eigenvalue weighted by Gasteiger charge is 2.25. The summed E-state index contributed by atoms with van der Waals surface area (Å²) in [6.07, 6.45) is 4.39. The second kappa shape index (κ2) is 6.94. The molecule has 0 radical (unpaired) electrons. The lowest BCUT2D eigenvalue weighted by Gasteiger charge is -2.31. The minimum atomic E-state index is -3.11. The third-order valence-corrected chi connectivity index (χ3v) is 6.91. The Bertz CT molecular complexity index is 1010. The van der Waals surface area contributed by atoms with Crippen LogP contribution >= 0.6 is 11.3 Å². The molecule has 6 nitrogen and oxygen atoms in total. The predicted molar refractivity (Wildman–Crippen MR) is 106 cm³/mol. The van der Waals surface area contributed by atoms with Crippen molar-refractivity contribution >= 4 is 37.4 Å². The van der Waals surface area contributed by atoms with Gasteiger partial charge in [0, 0.05) is 30.1 Å². The summed E-state index contributed by atoms with van der Waals surface area (Å²) in [6, 6.07) is 10.4. The number of rotatable bonds is 4. The molecule has 1 aliphatic heterocycles. The van der Waals surface area contributed by atoms with Crippen molar-refractivity contribution in [3.63, 3.8) is 0 Å². The van der Waals surface area contributed by atoms with Crippen molar-refractivity contribution in [2.45, 2.75) is 18.9 Å². The van der Waals surface area contributed by atoms with Crippen LogP contribution < -0.4 is 5.32 Å². The number of anilines is 1. The number of sulfonamides is 1. The van der Waals surface area contributed by atoms with Crippen molar-refractivity contribution in [2.75, 3.05) is 24.7 Å². The molecule has 0 amide bonds. The molecule has 0 saturated carbocycles. The fourth-order valence-electron chi connectivity index (χ4n) is 3.34. The first-order valence-corrected chi connectivity index (χ1v) is 11.2. The summed E-state index contributed by atoms with van der Waals surface area (Å²) in [5, 5.41) is 6.68. The van der Waals surface area contributed by atoms with E-state index < -0.39 is 10.0 Å². The van der Waals surface area contributed by atoms with E-state index in [1.165, 1.54) is 6.26 Å². The van der Waals surface area contributed by atoms with Gasteiger partial charge in [-0.15, -0.1) is 11.3 Å². The van der Waals surface area contributed by atoms with Gasteiger partial charge >= 0.3 is 0 Å². The fraction of sp³-hybridized carbons (Fsp3) is 0.333. The Labute approximate surface area is 157 Å². The minimum absolute atomic E-state index is 0.203. The highest BCUT2D eigenvalue weighted by atomic mass is 32.2. The topological polar surface area (TPSA) is 75.2 Å². The van der Waals surface area contributed by atoms with E-state index in [0.717, 1.165) is 40.0 Å². The highest BCUT2D eigenvalue weighted by molar-refractivity contribution is 7.88. The van der Waals surface area contributed by atoms with Crippen LogP contribution in [0.1, 0.15) is 12.8 Å². The molecule has 136 valence electrons. The lowest BCUT2D eigenvalue weighted by atomic mass is 10.0. The van der Waals surface area contributed by atoms with E-state index in [4.69, 9.17) is 0 Å². The van der Waals surface area contributed by atoms with Gasteiger partial charge in [-0.1, -0.05) is 30.3 Å². The molecule has 4 rings (SSSR count). The van der Waals surface area contributed by atoms with Crippen molar-refractivity contribution in [3.05, 3.63) is 42.0 Å². The van der Waals surface area contributed by atoms with Gasteiger partial charge in [-0.25, -0.2) is 22.7 Å². The molecule has 2 aromatic heterocycles. The smallest absolute Gasteiger partial charge is 0.211 e. The van der Waals surface area contributed by atoms with E-state index in [0.29, 0.717) is 13.1 Å². The van der Waals surface area contributed by atoms with Gasteiger partial charge in [0.15, 0.2) is 0 Å². The van der Waals surface area contributed by atoms with Gasteiger partial charge in [-0.3, -0.25) is 0 Å². The predicted octanol–water partition coefficient (Wildman–Crippen LogP) is 3.19. The average Bonchev–Trinajstić information content (AvgIpc) is 3.07. The van der Waals surface area contributed by atoms with Gasteiger partial charge in [0.05, 0.1) is 11.6 Å². The zero-order valence-corrected chi connectivity index (χ0v) is 16.1. The van der Waals surface area contributed by atoms with Crippen LogP contribution in [-0.2, 0) is 10.0 Å². The molecule has 3 heterocycles. The second-order valence-corrected chi connectivity index (χ2v) is 9.34. The Morgan fingerprint density at radius 1 is 1.15 bits per heavy atom. The van der Waals surface area contributed by atoms with E-state index in [-0.39, 0.29) is 6.04 Å². The summed E-state index contributed by atoms with van der Waals surface area (Å²) in [4.78, 5) is 9.84. The Kier molecular flexibility index (Phi) is 4.64. The number of nitrogens with zero attached hydrogens (tertiary/aromatic N) is 3. The Hall–Kier alpha value is -2.03. The number of hydrogen-bond donors (Lipinski definition) is 1. The summed E-state index contributed by atoms with van der Waals surface area (Å²) in [6.45, 7) is 1.08. The van der Waals surface area contributed by atoms with Gasteiger partial charge < -0.3 is 5.32 Å². The molecule has 1 saturated heterocycles. The molecule has 3 aromatic rings. The van der Waals surface area contributed by atoms with Crippen molar-refractivity contribution in [3.8, 4) is 11.1 Å². The molecular formula is C18H20N4O2S2. The lowest BCUT2D eigenvalue weighted by Crippen LogP contribution is -2.41. The molecule has 1 fully saturated rings. The molecule has 1 N–H and O–H groups in total. The second-order valence-electron chi connectivity index (χ2n) is 6.50. The molecule has 0 unspecified atom stereocenters. The van der Waals surface area contributed by atoms with Gasteiger partial charge in [0.2, 0.25) is 10.0 Å². The number of piperidine rings is 1. The Morgan fingerprint density at radius 2 is 1.88 bits per heavy atom. The van der Waals surface area contributed by atoms with Crippen LogP contribution in [0.5, 0.6) is 0 Å².